The van der Waals surface area contributed by atoms with Gasteiger partial charge in [-0.25, -0.2) is 12.8 Å². The van der Waals surface area contributed by atoms with E-state index >= 15 is 0 Å². The van der Waals surface area contributed by atoms with Crippen LogP contribution in [0.15, 0.2) is 0 Å². The van der Waals surface area contributed by atoms with Gasteiger partial charge in [0.25, 0.3) is 6.17 Å². The number of rotatable bonds is 4. The van der Waals surface area contributed by atoms with Crippen LogP contribution in [0.2, 0.25) is 0 Å². The fourth-order valence-corrected chi connectivity index (χ4v) is 1.17. The molecule has 0 radical (unpaired) electrons. The average Bonchev–Trinajstić information content (AvgIpc) is 2.12. The Morgan fingerprint density at radius 2 is 1.15 bits per heavy atom. The van der Waals surface area contributed by atoms with Crippen molar-refractivity contribution in [1.82, 2.24) is 0 Å². The van der Waals surface area contributed by atoms with Gasteiger partial charge >= 0.3 is 42.1 Å². The summed E-state index contributed by atoms with van der Waals surface area (Å²) in [4.78, 5) is 0. The number of halogens is 10. The van der Waals surface area contributed by atoms with Crippen molar-refractivity contribution >= 4 is 10.1 Å². The Balaban J connectivity index is 0. The second kappa shape index (κ2) is 5.54. The normalized spacial score (nSPS) is 16.6. The summed E-state index contributed by atoms with van der Waals surface area (Å²) in [6.07, 6.45) is -12.5. The molecule has 3 nitrogen and oxygen atoms in total. The summed E-state index contributed by atoms with van der Waals surface area (Å²) in [7, 11) is -7.47. The van der Waals surface area contributed by atoms with E-state index in [1.165, 1.54) is 0 Å². The summed E-state index contributed by atoms with van der Waals surface area (Å²) in [5.41, 5.74) is 0. The molecule has 0 amide bonds. The predicted molar refractivity (Wildman–Crippen MR) is 35.5 cm³/mol. The first-order valence-electron chi connectivity index (χ1n) is 3.70. The molecule has 0 heterocycles. The molecule has 0 aliphatic carbocycles. The van der Waals surface area contributed by atoms with Crippen molar-refractivity contribution in [2.45, 2.75) is 29.4 Å². The molecule has 15 heteroatoms. The van der Waals surface area contributed by atoms with Gasteiger partial charge in [0.2, 0.25) is 0 Å². The molecule has 0 aromatic rings. The molecule has 116 valence electrons. The van der Waals surface area contributed by atoms with E-state index in [9.17, 15) is 56.9 Å². The van der Waals surface area contributed by atoms with Gasteiger partial charge in [-0.3, -0.25) is 0 Å². The summed E-state index contributed by atoms with van der Waals surface area (Å²) in [5, 5.41) is -7.14. The third kappa shape index (κ3) is 3.34. The van der Waals surface area contributed by atoms with E-state index < -0.39 is 39.6 Å². The van der Waals surface area contributed by atoms with Gasteiger partial charge in [-0.2, -0.15) is 39.5 Å². The fraction of sp³-hybridized carbons (Fsp3) is 1.00. The Hall–Kier alpha value is -0.193. The van der Waals surface area contributed by atoms with Crippen LogP contribution in [0.25, 0.3) is 0 Å². The Morgan fingerprint density at radius 1 is 0.850 bits per heavy atom. The van der Waals surface area contributed by atoms with E-state index in [0.29, 0.717) is 0 Å². The van der Waals surface area contributed by atoms with Crippen molar-refractivity contribution in [3.8, 4) is 0 Å². The van der Waals surface area contributed by atoms with Gasteiger partial charge in [-0.15, -0.1) is 0 Å². The largest absolute Gasteiger partial charge is 1.00 e. The minimum absolute atomic E-state index is 0. The molecule has 0 saturated carbocycles. The Morgan fingerprint density at radius 3 is 1.35 bits per heavy atom. The van der Waals surface area contributed by atoms with Crippen LogP contribution in [0.3, 0.4) is 0 Å². The molecule has 0 saturated heterocycles. The summed E-state index contributed by atoms with van der Waals surface area (Å²) >= 11 is 0. The monoisotopic (exact) mass is 338 g/mol. The van der Waals surface area contributed by atoms with Crippen molar-refractivity contribution in [3.63, 3.8) is 0 Å². The molecule has 1 unspecified atom stereocenters. The molecular weight excluding hydrogens is 337 g/mol. The standard InChI is InChI=1S/C5H2F10O3S.Li/c6-1(3(9,10)11)2(7,8)4(12,13)5(14,15)19(16,17)18;/h1H,(H,16,17,18);/q;+1/p-1. The van der Waals surface area contributed by atoms with Crippen LogP contribution in [-0.4, -0.2) is 42.4 Å². The van der Waals surface area contributed by atoms with E-state index in [4.69, 9.17) is 0 Å². The fourth-order valence-electron chi connectivity index (χ4n) is 0.716. The summed E-state index contributed by atoms with van der Waals surface area (Å²) in [5.74, 6) is -14.6. The topological polar surface area (TPSA) is 57.2 Å². The zero-order valence-corrected chi connectivity index (χ0v) is 9.81. The van der Waals surface area contributed by atoms with E-state index in [1.807, 2.05) is 0 Å². The van der Waals surface area contributed by atoms with Gasteiger partial charge < -0.3 is 4.55 Å². The minimum atomic E-state index is -7.47. The third-order valence-electron chi connectivity index (χ3n) is 1.70. The third-order valence-corrected chi connectivity index (χ3v) is 2.59. The molecule has 0 spiro atoms. The maximum Gasteiger partial charge on any atom is 1.00 e. The van der Waals surface area contributed by atoms with Crippen molar-refractivity contribution in [3.05, 3.63) is 0 Å². The van der Waals surface area contributed by atoms with Crippen molar-refractivity contribution in [2.24, 2.45) is 0 Å². The van der Waals surface area contributed by atoms with Crippen LogP contribution in [0.5, 0.6) is 0 Å². The molecule has 0 rings (SSSR count). The molecule has 0 fully saturated rings. The van der Waals surface area contributed by atoms with Crippen LogP contribution in [0.4, 0.5) is 43.9 Å². The van der Waals surface area contributed by atoms with Gasteiger partial charge in [0.05, 0.1) is 0 Å². The van der Waals surface area contributed by atoms with Gasteiger partial charge in [-0.05, 0) is 0 Å². The number of alkyl halides is 10. The van der Waals surface area contributed by atoms with Gasteiger partial charge in [0.1, 0.15) is 0 Å². The maximum absolute atomic E-state index is 12.4. The van der Waals surface area contributed by atoms with Crippen molar-refractivity contribution < 1.29 is 75.7 Å². The first-order chi connectivity index (χ1) is 7.90. The molecule has 0 aliphatic rings. The van der Waals surface area contributed by atoms with Crippen molar-refractivity contribution in [2.75, 3.05) is 0 Å². The molecule has 0 aliphatic heterocycles. The first kappa shape index (κ1) is 22.1. The minimum Gasteiger partial charge on any atom is -0.743 e. The molecular formula is C5HF10LiO3S. The number of hydrogen-bond acceptors (Lipinski definition) is 3. The van der Waals surface area contributed by atoms with Crippen LogP contribution < -0.4 is 18.9 Å². The zero-order chi connectivity index (χ0) is 16.1. The quantitative estimate of drug-likeness (QED) is 0.387. The Kier molecular flexibility index (Phi) is 6.12. The summed E-state index contributed by atoms with van der Waals surface area (Å²) in [6, 6.07) is 0. The summed E-state index contributed by atoms with van der Waals surface area (Å²) < 4.78 is 150. The van der Waals surface area contributed by atoms with Crippen LogP contribution in [-0.2, 0) is 10.1 Å². The van der Waals surface area contributed by atoms with E-state index in [2.05, 4.69) is 0 Å². The second-order valence-electron chi connectivity index (χ2n) is 3.07. The van der Waals surface area contributed by atoms with Crippen LogP contribution >= 0.6 is 0 Å². The van der Waals surface area contributed by atoms with E-state index in [0.717, 1.165) is 0 Å². The second-order valence-corrected chi connectivity index (χ2v) is 4.49. The molecule has 20 heavy (non-hydrogen) atoms. The number of hydrogen-bond donors (Lipinski definition) is 0. The SMILES string of the molecule is O=S(=O)([O-])C(F)(F)C(F)(F)C(F)(F)C(F)C(F)(F)F.[Li+]. The Bertz CT molecular complexity index is 442. The molecule has 0 aromatic carbocycles. The zero-order valence-electron chi connectivity index (χ0n) is 8.99. The van der Waals surface area contributed by atoms with E-state index in [1.54, 1.807) is 0 Å². The molecule has 0 bridgehead atoms. The van der Waals surface area contributed by atoms with Crippen LogP contribution in [0, 0.1) is 0 Å². The smallest absolute Gasteiger partial charge is 0.743 e. The first-order valence-corrected chi connectivity index (χ1v) is 5.11. The van der Waals surface area contributed by atoms with E-state index in [-0.39, 0.29) is 18.9 Å². The predicted octanol–water partition coefficient (Wildman–Crippen LogP) is -0.701. The molecule has 0 N–H and O–H groups in total. The average molecular weight is 338 g/mol. The summed E-state index contributed by atoms with van der Waals surface area (Å²) in [6.45, 7) is 0. The molecule has 1 atom stereocenters. The maximum atomic E-state index is 12.4. The van der Waals surface area contributed by atoms with Gasteiger partial charge in [-0.1, -0.05) is 0 Å². The Labute approximate surface area is 116 Å². The van der Waals surface area contributed by atoms with Crippen molar-refractivity contribution in [1.29, 1.82) is 0 Å². The van der Waals surface area contributed by atoms with Crippen LogP contribution in [0.1, 0.15) is 0 Å². The van der Waals surface area contributed by atoms with Gasteiger partial charge in [0.15, 0.2) is 10.1 Å². The molecule has 0 aromatic heterocycles. The van der Waals surface area contributed by atoms with Gasteiger partial charge in [0, 0.05) is 0 Å².